The molecule has 0 bridgehead atoms. The van der Waals surface area contributed by atoms with Crippen LogP contribution in [0.2, 0.25) is 0 Å². The van der Waals surface area contributed by atoms with Crippen LogP contribution in [0.1, 0.15) is 41.5 Å². The van der Waals surface area contributed by atoms with Gasteiger partial charge in [-0.3, -0.25) is 19.5 Å². The number of likely N-dealkylation sites (tertiary alicyclic amines) is 1. The first-order valence-electron chi connectivity index (χ1n) is 11.4. The number of piperidine rings is 1. The lowest BCUT2D eigenvalue weighted by molar-refractivity contribution is -0.129. The molecule has 1 fully saturated rings. The average Bonchev–Trinajstić information content (AvgIpc) is 2.83. The first-order valence-corrected chi connectivity index (χ1v) is 11.4. The van der Waals surface area contributed by atoms with Crippen LogP contribution < -0.4 is 10.6 Å². The van der Waals surface area contributed by atoms with Gasteiger partial charge in [-0.2, -0.15) is 0 Å². The minimum atomic E-state index is -0.682. The summed E-state index contributed by atoms with van der Waals surface area (Å²) in [5, 5.41) is 16.5. The number of amides is 2. The number of aliphatic hydroxyl groups is 1. The largest absolute Gasteiger partial charge is 0.390 e. The maximum atomic E-state index is 12.6. The van der Waals surface area contributed by atoms with Gasteiger partial charge in [0.25, 0.3) is 5.91 Å². The first-order chi connectivity index (χ1) is 16.0. The van der Waals surface area contributed by atoms with Crippen molar-refractivity contribution in [2.75, 3.05) is 38.0 Å². The molecule has 4 rings (SSSR count). The van der Waals surface area contributed by atoms with E-state index in [-0.39, 0.29) is 30.1 Å². The lowest BCUT2D eigenvalue weighted by Crippen LogP contribution is -2.42. The van der Waals surface area contributed by atoms with Gasteiger partial charge in [0.05, 0.1) is 6.10 Å². The van der Waals surface area contributed by atoms with Crippen molar-refractivity contribution in [3.63, 3.8) is 0 Å². The van der Waals surface area contributed by atoms with Gasteiger partial charge in [0.2, 0.25) is 5.91 Å². The van der Waals surface area contributed by atoms with Crippen LogP contribution in [0.4, 0.5) is 5.82 Å². The Bertz CT molecular complexity index is 978. The zero-order valence-electron chi connectivity index (χ0n) is 18.9. The number of anilines is 1. The highest BCUT2D eigenvalue weighted by atomic mass is 16.3. The van der Waals surface area contributed by atoms with Crippen LogP contribution in [0.25, 0.3) is 0 Å². The molecule has 0 saturated carbocycles. The second-order valence-corrected chi connectivity index (χ2v) is 8.67. The first kappa shape index (κ1) is 23.1. The maximum Gasteiger partial charge on any atom is 0.270 e. The summed E-state index contributed by atoms with van der Waals surface area (Å²) in [7, 11) is 0. The summed E-state index contributed by atoms with van der Waals surface area (Å²) in [6, 6.07) is 5.81. The van der Waals surface area contributed by atoms with E-state index in [4.69, 9.17) is 0 Å². The minimum absolute atomic E-state index is 0.0961. The fourth-order valence-electron chi connectivity index (χ4n) is 4.35. The van der Waals surface area contributed by atoms with Crippen LogP contribution in [0.15, 0.2) is 30.7 Å². The normalized spacial score (nSPS) is 17.8. The Morgan fingerprint density at radius 2 is 2.03 bits per heavy atom. The smallest absolute Gasteiger partial charge is 0.270 e. The molecule has 0 aromatic carbocycles. The third-order valence-corrected chi connectivity index (χ3v) is 6.20. The van der Waals surface area contributed by atoms with Crippen LogP contribution in [0.3, 0.4) is 0 Å². The van der Waals surface area contributed by atoms with Gasteiger partial charge in [0.1, 0.15) is 17.8 Å². The van der Waals surface area contributed by atoms with E-state index >= 15 is 0 Å². The zero-order chi connectivity index (χ0) is 23.2. The number of carbonyl (C=O) groups excluding carboxylic acids is 2. The summed E-state index contributed by atoms with van der Waals surface area (Å²) in [6.07, 6.45) is 5.00. The predicted octanol–water partition coefficient (Wildman–Crippen LogP) is 0.443. The molecule has 176 valence electrons. The fraction of sp³-hybridized carbons (Fsp3) is 0.522. The lowest BCUT2D eigenvalue weighted by atomic mass is 10.1. The number of pyridine rings is 1. The molecule has 1 saturated heterocycles. The van der Waals surface area contributed by atoms with Crippen molar-refractivity contribution >= 4 is 17.6 Å². The van der Waals surface area contributed by atoms with E-state index in [2.05, 4.69) is 36.6 Å². The Morgan fingerprint density at radius 3 is 2.82 bits per heavy atom. The van der Waals surface area contributed by atoms with Crippen molar-refractivity contribution < 1.29 is 14.7 Å². The van der Waals surface area contributed by atoms with Crippen molar-refractivity contribution in [3.05, 3.63) is 47.7 Å². The minimum Gasteiger partial charge on any atom is -0.390 e. The third kappa shape index (κ3) is 6.23. The molecule has 0 spiro atoms. The number of aromatic nitrogens is 3. The number of carbonyl (C=O) groups is 2. The Balaban J connectivity index is 1.23. The number of hydrogen-bond acceptors (Lipinski definition) is 8. The number of nitrogens with one attached hydrogen (secondary N) is 2. The summed E-state index contributed by atoms with van der Waals surface area (Å²) < 4.78 is 0. The van der Waals surface area contributed by atoms with E-state index in [1.165, 1.54) is 11.9 Å². The van der Waals surface area contributed by atoms with Crippen molar-refractivity contribution in [3.8, 4) is 0 Å². The SMILES string of the molecule is CC(=O)N1CCC(Nc2cc(C(=O)NCC(O)CN3CCc4ncccc4C3)ncn2)CC1. The Kier molecular flexibility index (Phi) is 7.46. The Morgan fingerprint density at radius 1 is 1.21 bits per heavy atom. The molecular formula is C23H31N7O3. The molecule has 2 aliphatic rings. The summed E-state index contributed by atoms with van der Waals surface area (Å²) in [6.45, 7) is 5.21. The van der Waals surface area contributed by atoms with Crippen LogP contribution in [0, 0.1) is 0 Å². The number of fused-ring (bicyclic) bond motifs is 1. The molecule has 0 radical (unpaired) electrons. The quantitative estimate of drug-likeness (QED) is 0.552. The van der Waals surface area contributed by atoms with Crippen LogP contribution in [0.5, 0.6) is 0 Å². The number of rotatable bonds is 7. The molecule has 2 aliphatic heterocycles. The molecule has 33 heavy (non-hydrogen) atoms. The molecule has 1 unspecified atom stereocenters. The average molecular weight is 454 g/mol. The molecule has 1 atom stereocenters. The topological polar surface area (TPSA) is 124 Å². The highest BCUT2D eigenvalue weighted by Gasteiger charge is 2.22. The fourth-order valence-corrected chi connectivity index (χ4v) is 4.35. The van der Waals surface area contributed by atoms with Crippen molar-refractivity contribution in [1.82, 2.24) is 30.1 Å². The van der Waals surface area contributed by atoms with E-state index in [1.54, 1.807) is 13.0 Å². The second-order valence-electron chi connectivity index (χ2n) is 8.67. The number of β-amino-alcohol motifs (C(OH)–C–C–N with tert-alkyl or cyclic N) is 1. The van der Waals surface area contributed by atoms with Gasteiger partial charge in [-0.1, -0.05) is 6.07 Å². The highest BCUT2D eigenvalue weighted by molar-refractivity contribution is 5.92. The van der Waals surface area contributed by atoms with E-state index in [0.29, 0.717) is 25.5 Å². The van der Waals surface area contributed by atoms with Crippen LogP contribution in [-0.2, 0) is 17.8 Å². The molecule has 3 N–H and O–H groups in total. The van der Waals surface area contributed by atoms with Gasteiger partial charge in [-0.05, 0) is 24.5 Å². The molecule has 10 heteroatoms. The Hall–Kier alpha value is -3.11. The molecular weight excluding hydrogens is 422 g/mol. The predicted molar refractivity (Wildman–Crippen MR) is 122 cm³/mol. The molecule has 2 aromatic heterocycles. The van der Waals surface area contributed by atoms with E-state index in [9.17, 15) is 14.7 Å². The highest BCUT2D eigenvalue weighted by Crippen LogP contribution is 2.17. The van der Waals surface area contributed by atoms with E-state index < -0.39 is 6.10 Å². The van der Waals surface area contributed by atoms with Gasteiger partial charge in [0.15, 0.2) is 0 Å². The lowest BCUT2D eigenvalue weighted by Gasteiger charge is -2.31. The number of nitrogens with zero attached hydrogens (tertiary/aromatic N) is 5. The third-order valence-electron chi connectivity index (χ3n) is 6.20. The van der Waals surface area contributed by atoms with Gasteiger partial charge < -0.3 is 20.6 Å². The zero-order valence-corrected chi connectivity index (χ0v) is 18.9. The molecule has 2 aromatic rings. The standard InChI is InChI=1S/C23H31N7O3/c1-16(31)30-9-4-18(5-10-30)28-22-11-21(26-15-27-22)23(33)25-12-19(32)14-29-8-6-20-17(13-29)3-2-7-24-20/h2-3,7,11,15,18-19,32H,4-6,8-10,12-14H2,1H3,(H,25,33)(H,26,27,28). The molecule has 2 amide bonds. The number of aliphatic hydroxyl groups excluding tert-OH is 1. The second kappa shape index (κ2) is 10.7. The molecule has 10 nitrogen and oxygen atoms in total. The van der Waals surface area contributed by atoms with Gasteiger partial charge >= 0.3 is 0 Å². The maximum absolute atomic E-state index is 12.6. The van der Waals surface area contributed by atoms with E-state index in [1.807, 2.05) is 17.2 Å². The van der Waals surface area contributed by atoms with Crippen LogP contribution >= 0.6 is 0 Å². The summed E-state index contributed by atoms with van der Waals surface area (Å²) in [5.41, 5.74) is 2.56. The Labute approximate surface area is 193 Å². The van der Waals surface area contributed by atoms with E-state index in [0.717, 1.165) is 38.0 Å². The van der Waals surface area contributed by atoms with Gasteiger partial charge in [-0.15, -0.1) is 0 Å². The monoisotopic (exact) mass is 453 g/mol. The van der Waals surface area contributed by atoms with Crippen molar-refractivity contribution in [2.24, 2.45) is 0 Å². The van der Waals surface area contributed by atoms with Crippen molar-refractivity contribution in [2.45, 2.75) is 44.9 Å². The van der Waals surface area contributed by atoms with Crippen LogP contribution in [-0.4, -0.2) is 86.5 Å². The van der Waals surface area contributed by atoms with Gasteiger partial charge in [0, 0.05) is 76.6 Å². The molecule has 4 heterocycles. The van der Waals surface area contributed by atoms with Gasteiger partial charge in [-0.25, -0.2) is 9.97 Å². The molecule has 0 aliphatic carbocycles. The van der Waals surface area contributed by atoms with Crippen molar-refractivity contribution in [1.29, 1.82) is 0 Å². The summed E-state index contributed by atoms with van der Waals surface area (Å²) in [5.74, 6) is 0.329. The number of hydrogen-bond donors (Lipinski definition) is 3. The summed E-state index contributed by atoms with van der Waals surface area (Å²) >= 11 is 0. The summed E-state index contributed by atoms with van der Waals surface area (Å²) in [4.78, 5) is 40.7.